The highest BCUT2D eigenvalue weighted by Crippen LogP contribution is 2.48. The van der Waals surface area contributed by atoms with Crippen molar-refractivity contribution < 1.29 is 23.8 Å². The molecule has 1 atom stereocenters. The summed E-state index contributed by atoms with van der Waals surface area (Å²) in [7, 11) is 1.35. The van der Waals surface area contributed by atoms with Crippen molar-refractivity contribution in [1.29, 1.82) is 0 Å². The van der Waals surface area contributed by atoms with Gasteiger partial charge in [-0.3, -0.25) is 4.79 Å². The predicted octanol–water partition coefficient (Wildman–Crippen LogP) is 6.56. The zero-order valence-electron chi connectivity index (χ0n) is 22.6. The molecule has 6 nitrogen and oxygen atoms in total. The van der Waals surface area contributed by atoms with E-state index in [-0.39, 0.29) is 5.78 Å². The Balaban J connectivity index is 1.38. The number of methoxy groups -OCH3 is 1. The molecule has 0 radical (unpaired) electrons. The molecular formula is C34H29NO5. The summed E-state index contributed by atoms with van der Waals surface area (Å²) in [6, 6.07) is 27.6. The van der Waals surface area contributed by atoms with Crippen LogP contribution in [0, 0.1) is 0 Å². The third kappa shape index (κ3) is 4.31. The van der Waals surface area contributed by atoms with Crippen LogP contribution in [0.5, 0.6) is 11.5 Å². The number of rotatable bonds is 7. The van der Waals surface area contributed by atoms with E-state index in [1.807, 2.05) is 68.4 Å². The molecule has 0 fully saturated rings. The molecule has 4 aromatic carbocycles. The summed E-state index contributed by atoms with van der Waals surface area (Å²) < 4.78 is 17.4. The number of hydrogen-bond donors (Lipinski definition) is 1. The second-order valence-electron chi connectivity index (χ2n) is 9.86. The van der Waals surface area contributed by atoms with Crippen LogP contribution in [0.1, 0.15) is 46.8 Å². The summed E-state index contributed by atoms with van der Waals surface area (Å²) >= 11 is 0. The Hall–Kier alpha value is -4.84. The first-order chi connectivity index (χ1) is 19.5. The van der Waals surface area contributed by atoms with E-state index in [2.05, 4.69) is 35.6 Å². The van der Waals surface area contributed by atoms with Gasteiger partial charge in [-0.25, -0.2) is 4.79 Å². The van der Waals surface area contributed by atoms with Gasteiger partial charge in [0.15, 0.2) is 17.3 Å². The number of ether oxygens (including phenoxy) is 3. The fourth-order valence-corrected chi connectivity index (χ4v) is 5.62. The molecule has 1 aliphatic heterocycles. The summed E-state index contributed by atoms with van der Waals surface area (Å²) in [6.45, 7) is 4.54. The lowest BCUT2D eigenvalue weighted by Gasteiger charge is -2.29. The maximum Gasteiger partial charge on any atom is 0.336 e. The van der Waals surface area contributed by atoms with Crippen LogP contribution in [0.15, 0.2) is 102 Å². The smallest absolute Gasteiger partial charge is 0.336 e. The fourth-order valence-electron chi connectivity index (χ4n) is 5.62. The van der Waals surface area contributed by atoms with Gasteiger partial charge in [-0.15, -0.1) is 0 Å². The molecule has 1 heterocycles. The fraction of sp³-hybridized carbons (Fsp3) is 0.176. The van der Waals surface area contributed by atoms with Crippen LogP contribution >= 0.6 is 0 Å². The average Bonchev–Trinajstić information content (AvgIpc) is 3.26. The van der Waals surface area contributed by atoms with E-state index in [0.717, 1.165) is 27.8 Å². The standard InChI is InChI=1S/C34H29NO5/c1-4-39-28-18-24(15-16-27(28)40-19-21-13-14-22-9-5-6-10-23(22)17-21)30-29(34(37)38-3)20(2)35-32-25-11-7-8-12-26(25)33(36)31(30)32/h5-18,30,35H,4,19H2,1-3H3/t30-/m1/s1. The summed E-state index contributed by atoms with van der Waals surface area (Å²) in [5.74, 6) is -0.0848. The van der Waals surface area contributed by atoms with Crippen LogP contribution in [0.3, 0.4) is 0 Å². The summed E-state index contributed by atoms with van der Waals surface area (Å²) in [5, 5.41) is 5.64. The number of carbonyl (C=O) groups is 2. The molecule has 0 bridgehead atoms. The van der Waals surface area contributed by atoms with Crippen LogP contribution in [-0.2, 0) is 16.1 Å². The molecule has 0 spiro atoms. The summed E-state index contributed by atoms with van der Waals surface area (Å²) in [6.07, 6.45) is 0. The molecule has 6 heteroatoms. The lowest BCUT2D eigenvalue weighted by molar-refractivity contribution is -0.136. The minimum atomic E-state index is -0.627. The van der Waals surface area contributed by atoms with E-state index in [1.54, 1.807) is 0 Å². The van der Waals surface area contributed by atoms with Crippen molar-refractivity contribution in [1.82, 2.24) is 5.32 Å². The van der Waals surface area contributed by atoms with E-state index >= 15 is 0 Å². The van der Waals surface area contributed by atoms with Gasteiger partial charge >= 0.3 is 5.97 Å². The van der Waals surface area contributed by atoms with Crippen LogP contribution < -0.4 is 14.8 Å². The molecule has 1 N–H and O–H groups in total. The van der Waals surface area contributed by atoms with Crippen molar-refractivity contribution in [2.45, 2.75) is 26.4 Å². The molecule has 4 aromatic rings. The Morgan fingerprint density at radius 2 is 1.60 bits per heavy atom. The average molecular weight is 532 g/mol. The van der Waals surface area contributed by atoms with Crippen molar-refractivity contribution in [3.63, 3.8) is 0 Å². The SMILES string of the molecule is CCOc1cc([C@@H]2C(C(=O)OC)=C(C)NC3=C2C(=O)c2ccccc23)ccc1OCc1ccc2ccccc2c1. The lowest BCUT2D eigenvalue weighted by Crippen LogP contribution is -2.29. The van der Waals surface area contributed by atoms with Gasteiger partial charge in [-0.05, 0) is 53.9 Å². The number of carbonyl (C=O) groups excluding carboxylic acids is 2. The topological polar surface area (TPSA) is 73.9 Å². The van der Waals surface area contributed by atoms with Gasteiger partial charge in [0, 0.05) is 28.3 Å². The van der Waals surface area contributed by atoms with Gasteiger partial charge in [-0.2, -0.15) is 0 Å². The minimum absolute atomic E-state index is 0.105. The van der Waals surface area contributed by atoms with Gasteiger partial charge in [0.1, 0.15) is 6.61 Å². The molecule has 0 aromatic heterocycles. The molecule has 0 amide bonds. The van der Waals surface area contributed by atoms with Crippen LogP contribution in [0.25, 0.3) is 16.5 Å². The van der Waals surface area contributed by atoms with Gasteiger partial charge < -0.3 is 19.5 Å². The Labute approximate surface area is 232 Å². The third-order valence-electron chi connectivity index (χ3n) is 7.46. The molecule has 0 saturated heterocycles. The third-order valence-corrected chi connectivity index (χ3v) is 7.46. The summed E-state index contributed by atoms with van der Waals surface area (Å²) in [5.41, 5.74) is 5.53. The Bertz CT molecular complexity index is 1730. The maximum absolute atomic E-state index is 13.7. The molecule has 200 valence electrons. The van der Waals surface area contributed by atoms with E-state index < -0.39 is 11.9 Å². The first-order valence-electron chi connectivity index (χ1n) is 13.3. The first kappa shape index (κ1) is 25.4. The number of dihydropyridines is 1. The van der Waals surface area contributed by atoms with Crippen LogP contribution in [0.2, 0.25) is 0 Å². The molecule has 0 unspecified atom stereocenters. The maximum atomic E-state index is 13.7. The van der Waals surface area contributed by atoms with Gasteiger partial charge in [0.25, 0.3) is 0 Å². The first-order valence-corrected chi connectivity index (χ1v) is 13.3. The Morgan fingerprint density at radius 3 is 2.38 bits per heavy atom. The quantitative estimate of drug-likeness (QED) is 0.272. The monoisotopic (exact) mass is 531 g/mol. The van der Waals surface area contributed by atoms with E-state index in [4.69, 9.17) is 14.2 Å². The van der Waals surface area contributed by atoms with Crippen molar-refractivity contribution >= 4 is 28.2 Å². The molecule has 0 saturated carbocycles. The van der Waals surface area contributed by atoms with Crippen LogP contribution in [-0.4, -0.2) is 25.5 Å². The van der Waals surface area contributed by atoms with Crippen molar-refractivity contribution in [3.05, 3.63) is 124 Å². The number of hydrogen-bond acceptors (Lipinski definition) is 6. The number of esters is 1. The Morgan fingerprint density at radius 1 is 0.850 bits per heavy atom. The molecule has 1 aliphatic carbocycles. The lowest BCUT2D eigenvalue weighted by atomic mass is 9.79. The number of benzene rings is 4. The highest BCUT2D eigenvalue weighted by atomic mass is 16.5. The van der Waals surface area contributed by atoms with Crippen LogP contribution in [0.4, 0.5) is 0 Å². The summed E-state index contributed by atoms with van der Waals surface area (Å²) in [4.78, 5) is 26.7. The minimum Gasteiger partial charge on any atom is -0.490 e. The second kappa shape index (κ2) is 10.4. The number of ketones is 1. The number of nitrogens with one attached hydrogen (secondary N) is 1. The predicted molar refractivity (Wildman–Crippen MR) is 154 cm³/mol. The normalized spacial score (nSPS) is 16.0. The van der Waals surface area contributed by atoms with E-state index in [0.29, 0.717) is 47.1 Å². The number of fused-ring (bicyclic) bond motifs is 3. The largest absolute Gasteiger partial charge is 0.490 e. The van der Waals surface area contributed by atoms with Gasteiger partial charge in [0.2, 0.25) is 0 Å². The number of allylic oxidation sites excluding steroid dienone is 2. The van der Waals surface area contributed by atoms with E-state index in [9.17, 15) is 9.59 Å². The second-order valence-corrected chi connectivity index (χ2v) is 9.86. The van der Waals surface area contributed by atoms with Gasteiger partial charge in [-0.1, -0.05) is 66.7 Å². The van der Waals surface area contributed by atoms with Gasteiger partial charge in [0.05, 0.1) is 25.0 Å². The zero-order valence-corrected chi connectivity index (χ0v) is 22.6. The molecule has 6 rings (SSSR count). The number of Topliss-reactive ketones (excluding diaryl/α,β-unsaturated/α-hetero) is 1. The molecular weight excluding hydrogens is 502 g/mol. The highest BCUT2D eigenvalue weighted by Gasteiger charge is 2.43. The van der Waals surface area contributed by atoms with E-state index in [1.165, 1.54) is 12.5 Å². The zero-order chi connectivity index (χ0) is 27.8. The van der Waals surface area contributed by atoms with Crippen molar-refractivity contribution in [2.75, 3.05) is 13.7 Å². The molecule has 40 heavy (non-hydrogen) atoms. The molecule has 2 aliphatic rings. The van der Waals surface area contributed by atoms with Crippen molar-refractivity contribution in [2.24, 2.45) is 0 Å². The van der Waals surface area contributed by atoms with Crippen molar-refractivity contribution in [3.8, 4) is 11.5 Å². The Kier molecular flexibility index (Phi) is 6.60. The highest BCUT2D eigenvalue weighted by molar-refractivity contribution is 6.23.